The van der Waals surface area contributed by atoms with Gasteiger partial charge >= 0.3 is 0 Å². The monoisotopic (exact) mass is 262 g/mol. The van der Waals surface area contributed by atoms with Gasteiger partial charge in [0.15, 0.2) is 0 Å². The molecule has 19 heavy (non-hydrogen) atoms. The van der Waals surface area contributed by atoms with Gasteiger partial charge in [-0.05, 0) is 25.5 Å². The summed E-state index contributed by atoms with van der Waals surface area (Å²) in [5.41, 5.74) is 0.774. The van der Waals surface area contributed by atoms with Gasteiger partial charge in [0.1, 0.15) is 11.7 Å². The van der Waals surface area contributed by atoms with Gasteiger partial charge in [-0.25, -0.2) is 0 Å². The van der Waals surface area contributed by atoms with E-state index in [-0.39, 0.29) is 11.8 Å². The average molecular weight is 262 g/mol. The zero-order chi connectivity index (χ0) is 13.8. The van der Waals surface area contributed by atoms with Crippen LogP contribution < -0.4 is 15.0 Å². The molecule has 2 amide bonds. The Morgan fingerprint density at radius 2 is 2.32 bits per heavy atom. The predicted molar refractivity (Wildman–Crippen MR) is 72.1 cm³/mol. The molecule has 1 fully saturated rings. The zero-order valence-corrected chi connectivity index (χ0v) is 11.2. The Kier molecular flexibility index (Phi) is 4.04. The highest BCUT2D eigenvalue weighted by Crippen LogP contribution is 2.27. The first-order chi connectivity index (χ1) is 9.17. The van der Waals surface area contributed by atoms with Crippen molar-refractivity contribution in [1.82, 2.24) is 5.32 Å². The number of nitrogens with zero attached hydrogens (tertiary/aromatic N) is 1. The van der Waals surface area contributed by atoms with Gasteiger partial charge in [0.2, 0.25) is 11.8 Å². The molecule has 102 valence electrons. The van der Waals surface area contributed by atoms with Gasteiger partial charge in [-0.1, -0.05) is 6.07 Å². The van der Waals surface area contributed by atoms with E-state index in [4.69, 9.17) is 4.74 Å². The minimum atomic E-state index is -0.564. The van der Waals surface area contributed by atoms with Gasteiger partial charge in [0.05, 0.1) is 7.11 Å². The van der Waals surface area contributed by atoms with Crippen LogP contribution in [0.25, 0.3) is 0 Å². The largest absolute Gasteiger partial charge is 0.497 e. The lowest BCUT2D eigenvalue weighted by molar-refractivity contribution is -0.132. The molecule has 1 heterocycles. The van der Waals surface area contributed by atoms with Crippen LogP contribution in [-0.2, 0) is 9.59 Å². The molecule has 1 saturated heterocycles. The smallest absolute Gasteiger partial charge is 0.239 e. The molecule has 0 bridgehead atoms. The predicted octanol–water partition coefficient (Wildman–Crippen LogP) is 1.18. The molecule has 1 N–H and O–H groups in total. The van der Waals surface area contributed by atoms with E-state index in [1.807, 2.05) is 25.1 Å². The van der Waals surface area contributed by atoms with Crippen molar-refractivity contribution in [3.63, 3.8) is 0 Å². The lowest BCUT2D eigenvalue weighted by Gasteiger charge is -2.17. The number of benzene rings is 1. The maximum atomic E-state index is 12.2. The van der Waals surface area contributed by atoms with Crippen molar-refractivity contribution in [3.8, 4) is 5.75 Å². The number of methoxy groups -OCH3 is 1. The summed E-state index contributed by atoms with van der Waals surface area (Å²) in [6.45, 7) is 2.95. The summed E-state index contributed by atoms with van der Waals surface area (Å²) in [7, 11) is 1.59. The topological polar surface area (TPSA) is 58.6 Å². The first kappa shape index (κ1) is 13.4. The summed E-state index contributed by atoms with van der Waals surface area (Å²) in [5, 5.41) is 2.70. The normalized spacial score (nSPS) is 18.5. The molecule has 1 aliphatic rings. The number of amides is 2. The first-order valence-corrected chi connectivity index (χ1v) is 6.40. The Balaban J connectivity index is 2.15. The summed E-state index contributed by atoms with van der Waals surface area (Å²) >= 11 is 0. The molecule has 1 atom stereocenters. The summed E-state index contributed by atoms with van der Waals surface area (Å²) in [6, 6.07) is 7.31. The van der Waals surface area contributed by atoms with Crippen LogP contribution in [0.15, 0.2) is 24.3 Å². The Morgan fingerprint density at radius 1 is 1.53 bits per heavy atom. The van der Waals surface area contributed by atoms with Crippen LogP contribution in [0.1, 0.15) is 13.3 Å². The van der Waals surface area contributed by atoms with Crippen LogP contribution in [0, 0.1) is 5.92 Å². The summed E-state index contributed by atoms with van der Waals surface area (Å²) in [5.74, 6) is -0.185. The average Bonchev–Trinajstić information content (AvgIpc) is 2.81. The quantitative estimate of drug-likeness (QED) is 0.829. The molecule has 0 aromatic heterocycles. The van der Waals surface area contributed by atoms with Crippen LogP contribution in [0.3, 0.4) is 0 Å². The molecule has 1 aliphatic heterocycles. The molecule has 0 saturated carbocycles. The third-order valence-corrected chi connectivity index (χ3v) is 3.24. The molecular weight excluding hydrogens is 244 g/mol. The van der Waals surface area contributed by atoms with E-state index in [1.54, 1.807) is 18.1 Å². The van der Waals surface area contributed by atoms with E-state index in [0.29, 0.717) is 25.3 Å². The number of ether oxygens (including phenoxy) is 1. The molecular formula is C14H18N2O3. The van der Waals surface area contributed by atoms with Crippen molar-refractivity contribution in [2.75, 3.05) is 25.1 Å². The van der Waals surface area contributed by atoms with Crippen LogP contribution >= 0.6 is 0 Å². The molecule has 0 spiro atoms. The fourth-order valence-corrected chi connectivity index (χ4v) is 2.26. The SMILES string of the molecule is CCNC(=O)[C@H]1CCN(c2cccc(OC)c2)C1=O. The zero-order valence-electron chi connectivity index (χ0n) is 11.2. The number of rotatable bonds is 4. The minimum absolute atomic E-state index is 0.140. The Bertz CT molecular complexity index is 487. The third kappa shape index (κ3) is 2.70. The van der Waals surface area contributed by atoms with Crippen LogP contribution in [0.5, 0.6) is 5.75 Å². The Hall–Kier alpha value is -2.04. The number of carbonyl (C=O) groups is 2. The second-order valence-electron chi connectivity index (χ2n) is 4.43. The van der Waals surface area contributed by atoms with Gasteiger partial charge in [-0.3, -0.25) is 9.59 Å². The van der Waals surface area contributed by atoms with Crippen LogP contribution in [0.2, 0.25) is 0 Å². The van der Waals surface area contributed by atoms with Crippen molar-refractivity contribution >= 4 is 17.5 Å². The summed E-state index contributed by atoms with van der Waals surface area (Å²) in [4.78, 5) is 25.7. The van der Waals surface area contributed by atoms with E-state index in [1.165, 1.54) is 0 Å². The fraction of sp³-hybridized carbons (Fsp3) is 0.429. The Morgan fingerprint density at radius 3 is 3.00 bits per heavy atom. The van der Waals surface area contributed by atoms with E-state index in [2.05, 4.69) is 5.32 Å². The van der Waals surface area contributed by atoms with Gasteiger partial charge in [0, 0.05) is 24.8 Å². The minimum Gasteiger partial charge on any atom is -0.497 e. The van der Waals surface area contributed by atoms with Crippen molar-refractivity contribution in [1.29, 1.82) is 0 Å². The van der Waals surface area contributed by atoms with Crippen LogP contribution in [-0.4, -0.2) is 32.0 Å². The molecule has 5 heteroatoms. The van der Waals surface area contributed by atoms with Crippen LogP contribution in [0.4, 0.5) is 5.69 Å². The van der Waals surface area contributed by atoms with Crippen molar-refractivity contribution < 1.29 is 14.3 Å². The fourth-order valence-electron chi connectivity index (χ4n) is 2.26. The maximum absolute atomic E-state index is 12.2. The number of hydrogen-bond acceptors (Lipinski definition) is 3. The molecule has 5 nitrogen and oxygen atoms in total. The second-order valence-corrected chi connectivity index (χ2v) is 4.43. The van der Waals surface area contributed by atoms with Crippen molar-refractivity contribution in [2.45, 2.75) is 13.3 Å². The lowest BCUT2D eigenvalue weighted by atomic mass is 10.1. The molecule has 0 unspecified atom stereocenters. The summed E-state index contributed by atoms with van der Waals surface area (Å²) in [6.07, 6.45) is 0.557. The molecule has 2 rings (SSSR count). The molecule has 1 aromatic rings. The van der Waals surface area contributed by atoms with E-state index >= 15 is 0 Å². The summed E-state index contributed by atoms with van der Waals surface area (Å²) < 4.78 is 5.15. The Labute approximate surface area is 112 Å². The third-order valence-electron chi connectivity index (χ3n) is 3.24. The number of carbonyl (C=O) groups excluding carboxylic acids is 2. The second kappa shape index (κ2) is 5.73. The molecule has 0 aliphatic carbocycles. The van der Waals surface area contributed by atoms with E-state index in [0.717, 1.165) is 5.69 Å². The highest BCUT2D eigenvalue weighted by Gasteiger charge is 2.37. The van der Waals surface area contributed by atoms with E-state index < -0.39 is 5.92 Å². The molecule has 0 radical (unpaired) electrons. The number of nitrogens with one attached hydrogen (secondary N) is 1. The standard InChI is InChI=1S/C14H18N2O3/c1-3-15-13(17)12-7-8-16(14(12)18)10-5-4-6-11(9-10)19-2/h4-6,9,12H,3,7-8H2,1-2H3,(H,15,17)/t12-/m1/s1. The maximum Gasteiger partial charge on any atom is 0.239 e. The van der Waals surface area contributed by atoms with Gasteiger partial charge in [-0.15, -0.1) is 0 Å². The number of anilines is 1. The van der Waals surface area contributed by atoms with Crippen molar-refractivity contribution in [2.24, 2.45) is 5.92 Å². The van der Waals surface area contributed by atoms with E-state index in [9.17, 15) is 9.59 Å². The highest BCUT2D eigenvalue weighted by atomic mass is 16.5. The van der Waals surface area contributed by atoms with Gasteiger partial charge < -0.3 is 15.0 Å². The lowest BCUT2D eigenvalue weighted by Crippen LogP contribution is -2.36. The van der Waals surface area contributed by atoms with Gasteiger partial charge in [-0.2, -0.15) is 0 Å². The van der Waals surface area contributed by atoms with Crippen molar-refractivity contribution in [3.05, 3.63) is 24.3 Å². The first-order valence-electron chi connectivity index (χ1n) is 6.40. The molecule has 1 aromatic carbocycles. The highest BCUT2D eigenvalue weighted by molar-refractivity contribution is 6.09. The number of hydrogen-bond donors (Lipinski definition) is 1. The van der Waals surface area contributed by atoms with Gasteiger partial charge in [0.25, 0.3) is 0 Å².